The molecule has 5 nitrogen and oxygen atoms in total. The molecular formula is C26H32N2O3. The summed E-state index contributed by atoms with van der Waals surface area (Å²) in [5.74, 6) is 0.0795. The average molecular weight is 421 g/mol. The van der Waals surface area contributed by atoms with Crippen molar-refractivity contribution in [1.82, 2.24) is 9.80 Å². The number of piperidine rings is 1. The fraction of sp³-hybridized carbons (Fsp3) is 0.500. The number of fused-ring (bicyclic) bond motifs is 5. The van der Waals surface area contributed by atoms with Crippen LogP contribution in [0.1, 0.15) is 49.1 Å². The van der Waals surface area contributed by atoms with E-state index in [4.69, 9.17) is 4.74 Å². The van der Waals surface area contributed by atoms with Crippen LogP contribution in [0.2, 0.25) is 0 Å². The number of ether oxygens (including phenoxy) is 1. The Hall–Kier alpha value is -2.37. The van der Waals surface area contributed by atoms with E-state index in [0.29, 0.717) is 19.4 Å². The van der Waals surface area contributed by atoms with E-state index in [2.05, 4.69) is 53.4 Å². The fourth-order valence-electron chi connectivity index (χ4n) is 5.92. The van der Waals surface area contributed by atoms with Crippen LogP contribution in [0.3, 0.4) is 0 Å². The van der Waals surface area contributed by atoms with Gasteiger partial charge >= 0.3 is 6.09 Å². The molecule has 31 heavy (non-hydrogen) atoms. The van der Waals surface area contributed by atoms with E-state index >= 15 is 0 Å². The number of nitrogens with zero attached hydrogens (tertiary/aromatic N) is 2. The number of carbonyl (C=O) groups is 1. The van der Waals surface area contributed by atoms with Crippen LogP contribution in [0.4, 0.5) is 4.79 Å². The molecule has 0 radical (unpaired) electrons. The highest BCUT2D eigenvalue weighted by Gasteiger charge is 2.49. The third-order valence-electron chi connectivity index (χ3n) is 7.42. The van der Waals surface area contributed by atoms with E-state index < -0.39 is 5.60 Å². The maximum Gasteiger partial charge on any atom is 0.410 e. The van der Waals surface area contributed by atoms with E-state index in [1.54, 1.807) is 0 Å². The summed E-state index contributed by atoms with van der Waals surface area (Å²) in [6.07, 6.45) is 3.76. The van der Waals surface area contributed by atoms with Gasteiger partial charge in [-0.1, -0.05) is 48.5 Å². The molecular weight excluding hydrogens is 388 g/mol. The van der Waals surface area contributed by atoms with Crippen molar-refractivity contribution < 1.29 is 14.6 Å². The molecule has 2 unspecified atom stereocenters. The largest absolute Gasteiger partial charge is 0.448 e. The molecule has 1 amide bonds. The minimum atomic E-state index is -0.670. The lowest BCUT2D eigenvalue weighted by Gasteiger charge is -2.43. The molecule has 0 saturated carbocycles. The van der Waals surface area contributed by atoms with Gasteiger partial charge in [-0.05, 0) is 68.5 Å². The maximum absolute atomic E-state index is 13.1. The van der Waals surface area contributed by atoms with Gasteiger partial charge in [-0.15, -0.1) is 0 Å². The fourth-order valence-corrected chi connectivity index (χ4v) is 5.92. The molecule has 5 rings (SSSR count). The summed E-state index contributed by atoms with van der Waals surface area (Å²) in [5, 5.41) is 11.1. The van der Waals surface area contributed by atoms with E-state index in [0.717, 1.165) is 25.8 Å². The van der Waals surface area contributed by atoms with Crippen LogP contribution in [0.25, 0.3) is 11.1 Å². The Balaban J connectivity index is 1.27. The van der Waals surface area contributed by atoms with E-state index in [-0.39, 0.29) is 24.1 Å². The first-order chi connectivity index (χ1) is 15.0. The van der Waals surface area contributed by atoms with Crippen LogP contribution >= 0.6 is 0 Å². The lowest BCUT2D eigenvalue weighted by atomic mass is 9.83. The molecule has 2 atom stereocenters. The summed E-state index contributed by atoms with van der Waals surface area (Å²) in [5.41, 5.74) is 4.27. The number of carbonyl (C=O) groups excluding carboxylic acids is 1. The monoisotopic (exact) mass is 420 g/mol. The molecule has 2 aliphatic heterocycles. The van der Waals surface area contributed by atoms with E-state index in [1.807, 2.05) is 19.0 Å². The zero-order valence-corrected chi connectivity index (χ0v) is 18.5. The highest BCUT2D eigenvalue weighted by Crippen LogP contribution is 2.45. The highest BCUT2D eigenvalue weighted by molar-refractivity contribution is 5.79. The van der Waals surface area contributed by atoms with Crippen molar-refractivity contribution in [3.8, 4) is 11.1 Å². The first-order valence-corrected chi connectivity index (χ1v) is 11.5. The van der Waals surface area contributed by atoms with Gasteiger partial charge in [0.15, 0.2) is 0 Å². The van der Waals surface area contributed by atoms with Gasteiger partial charge in [-0.2, -0.15) is 0 Å². The zero-order valence-electron chi connectivity index (χ0n) is 18.5. The molecule has 1 N–H and O–H groups in total. The van der Waals surface area contributed by atoms with Crippen LogP contribution in [-0.2, 0) is 4.74 Å². The van der Waals surface area contributed by atoms with Gasteiger partial charge in [0.2, 0.25) is 0 Å². The second-order valence-corrected chi connectivity index (χ2v) is 9.78. The van der Waals surface area contributed by atoms with Crippen molar-refractivity contribution in [2.75, 3.05) is 27.2 Å². The zero-order chi connectivity index (χ0) is 21.6. The number of benzene rings is 2. The summed E-state index contributed by atoms with van der Waals surface area (Å²) in [7, 11) is 4.06. The number of rotatable bonds is 5. The highest BCUT2D eigenvalue weighted by atomic mass is 16.6. The Bertz CT molecular complexity index is 913. The molecule has 3 aliphatic rings. The molecule has 164 valence electrons. The standard InChI is InChI=1S/C26H32N2O3/c1-27(2)14-13-26(30)15-18-11-12-19(16-26)28(18)25(29)31-17-24-22-9-5-3-7-20(22)21-8-4-6-10-23(21)24/h3-10,18-19,24,30H,11-17H2,1-2H3. The molecule has 2 bridgehead atoms. The Morgan fingerprint density at radius 2 is 1.58 bits per heavy atom. The van der Waals surface area contributed by atoms with Gasteiger partial charge in [0.1, 0.15) is 6.61 Å². The van der Waals surface area contributed by atoms with Gasteiger partial charge < -0.3 is 19.6 Å². The summed E-state index contributed by atoms with van der Waals surface area (Å²) < 4.78 is 5.92. The number of aliphatic hydroxyl groups is 1. The Kier molecular flexibility index (Phi) is 5.27. The molecule has 2 aromatic carbocycles. The lowest BCUT2D eigenvalue weighted by molar-refractivity contribution is -0.0562. The van der Waals surface area contributed by atoms with Gasteiger partial charge in [-0.3, -0.25) is 0 Å². The SMILES string of the molecule is CN(C)CCC1(O)CC2CCC(C1)N2C(=O)OCC1c2ccccc2-c2ccccc21. The molecule has 2 aromatic rings. The van der Waals surface area contributed by atoms with Gasteiger partial charge in [0.05, 0.1) is 5.60 Å². The summed E-state index contributed by atoms with van der Waals surface area (Å²) in [6, 6.07) is 17.0. The molecule has 1 aliphatic carbocycles. The molecule has 5 heteroatoms. The number of hydrogen-bond acceptors (Lipinski definition) is 4. The molecule has 2 heterocycles. The predicted molar refractivity (Wildman–Crippen MR) is 121 cm³/mol. The molecule has 2 saturated heterocycles. The normalized spacial score (nSPS) is 26.8. The second kappa shape index (κ2) is 7.95. The van der Waals surface area contributed by atoms with Crippen LogP contribution in [-0.4, -0.2) is 65.9 Å². The topological polar surface area (TPSA) is 53.0 Å². The van der Waals surface area contributed by atoms with Gasteiger partial charge in [0, 0.05) is 24.5 Å². The first-order valence-electron chi connectivity index (χ1n) is 11.5. The lowest BCUT2D eigenvalue weighted by Crippen LogP contribution is -2.54. The van der Waals surface area contributed by atoms with Crippen molar-refractivity contribution in [3.05, 3.63) is 59.7 Å². The smallest absolute Gasteiger partial charge is 0.410 e. The maximum atomic E-state index is 13.1. The second-order valence-electron chi connectivity index (χ2n) is 9.78. The van der Waals surface area contributed by atoms with Gasteiger partial charge in [-0.25, -0.2) is 4.79 Å². The Morgan fingerprint density at radius 1 is 1.03 bits per heavy atom. The van der Waals surface area contributed by atoms with Crippen molar-refractivity contribution >= 4 is 6.09 Å². The van der Waals surface area contributed by atoms with Crippen molar-refractivity contribution in [2.24, 2.45) is 0 Å². The number of amides is 1. The van der Waals surface area contributed by atoms with Crippen LogP contribution in [0, 0.1) is 0 Å². The van der Waals surface area contributed by atoms with Crippen LogP contribution in [0.5, 0.6) is 0 Å². The first kappa shape index (κ1) is 20.5. The third kappa shape index (κ3) is 3.74. The van der Waals surface area contributed by atoms with Crippen molar-refractivity contribution in [2.45, 2.75) is 55.7 Å². The minimum absolute atomic E-state index is 0.0795. The van der Waals surface area contributed by atoms with Crippen LogP contribution in [0.15, 0.2) is 48.5 Å². The van der Waals surface area contributed by atoms with Crippen LogP contribution < -0.4 is 0 Å². The molecule has 0 aromatic heterocycles. The molecule has 0 spiro atoms. The molecule has 2 fully saturated rings. The van der Waals surface area contributed by atoms with Crippen molar-refractivity contribution in [1.29, 1.82) is 0 Å². The summed E-state index contributed by atoms with van der Waals surface area (Å²) in [6.45, 7) is 1.22. The Labute approximate surface area is 184 Å². The summed E-state index contributed by atoms with van der Waals surface area (Å²) in [4.78, 5) is 17.2. The third-order valence-corrected chi connectivity index (χ3v) is 7.42. The number of hydrogen-bond donors (Lipinski definition) is 1. The van der Waals surface area contributed by atoms with E-state index in [1.165, 1.54) is 22.3 Å². The average Bonchev–Trinajstić information content (AvgIpc) is 3.23. The summed E-state index contributed by atoms with van der Waals surface area (Å²) >= 11 is 0. The van der Waals surface area contributed by atoms with Crippen molar-refractivity contribution in [3.63, 3.8) is 0 Å². The van der Waals surface area contributed by atoms with Gasteiger partial charge in [0.25, 0.3) is 0 Å². The van der Waals surface area contributed by atoms with E-state index in [9.17, 15) is 9.90 Å². The quantitative estimate of drug-likeness (QED) is 0.786. The minimum Gasteiger partial charge on any atom is -0.448 e. The predicted octanol–water partition coefficient (Wildman–Crippen LogP) is 4.25. The Morgan fingerprint density at radius 3 is 2.13 bits per heavy atom.